The van der Waals surface area contributed by atoms with Crippen molar-refractivity contribution in [1.29, 1.82) is 0 Å². The molecule has 1 rings (SSSR count). The highest BCUT2D eigenvalue weighted by Crippen LogP contribution is 2.20. The molecule has 0 aliphatic carbocycles. The number of nitrogens with one attached hydrogen (secondary N) is 2. The SMILES string of the molecule is CCCOc1nc(NCCC(=O)NCC(C)C)ccc1N. The fourth-order valence-corrected chi connectivity index (χ4v) is 1.57. The van der Waals surface area contributed by atoms with E-state index in [0.717, 1.165) is 6.42 Å². The lowest BCUT2D eigenvalue weighted by Crippen LogP contribution is -2.28. The number of carbonyl (C=O) groups excluding carboxylic acids is 1. The number of anilines is 2. The maximum Gasteiger partial charge on any atom is 0.239 e. The van der Waals surface area contributed by atoms with Crippen LogP contribution in [0.15, 0.2) is 12.1 Å². The van der Waals surface area contributed by atoms with Gasteiger partial charge in [-0.1, -0.05) is 20.8 Å². The topological polar surface area (TPSA) is 89.3 Å². The van der Waals surface area contributed by atoms with Gasteiger partial charge in [0.25, 0.3) is 0 Å². The maximum atomic E-state index is 11.6. The summed E-state index contributed by atoms with van der Waals surface area (Å²) in [6.45, 7) is 7.96. The Bertz CT molecular complexity index is 449. The van der Waals surface area contributed by atoms with Gasteiger partial charge in [0, 0.05) is 19.5 Å². The number of nitrogen functional groups attached to an aromatic ring is 1. The smallest absolute Gasteiger partial charge is 0.239 e. The average Bonchev–Trinajstić information content (AvgIpc) is 2.45. The molecule has 0 bridgehead atoms. The summed E-state index contributed by atoms with van der Waals surface area (Å²) in [7, 11) is 0. The molecule has 6 heteroatoms. The van der Waals surface area contributed by atoms with Gasteiger partial charge in [-0.25, -0.2) is 0 Å². The minimum absolute atomic E-state index is 0.0362. The third-order valence-electron chi connectivity index (χ3n) is 2.70. The third-order valence-corrected chi connectivity index (χ3v) is 2.70. The van der Waals surface area contributed by atoms with E-state index < -0.39 is 0 Å². The summed E-state index contributed by atoms with van der Waals surface area (Å²) < 4.78 is 5.46. The first-order valence-corrected chi connectivity index (χ1v) is 7.42. The third kappa shape index (κ3) is 6.83. The van der Waals surface area contributed by atoms with Crippen LogP contribution in [-0.4, -0.2) is 30.6 Å². The molecule has 1 heterocycles. The van der Waals surface area contributed by atoms with Crippen molar-refractivity contribution >= 4 is 17.4 Å². The highest BCUT2D eigenvalue weighted by molar-refractivity contribution is 5.76. The molecule has 0 atom stereocenters. The van der Waals surface area contributed by atoms with Crippen LogP contribution in [-0.2, 0) is 4.79 Å². The summed E-state index contributed by atoms with van der Waals surface area (Å²) in [6.07, 6.45) is 1.30. The van der Waals surface area contributed by atoms with Gasteiger partial charge in [0.1, 0.15) is 5.82 Å². The standard InChI is InChI=1S/C15H26N4O2/c1-4-9-21-15-12(16)5-6-13(19-15)17-8-7-14(20)18-10-11(2)3/h5-6,11H,4,7-10,16H2,1-3H3,(H,17,19)(H,18,20). The molecular formula is C15H26N4O2. The van der Waals surface area contributed by atoms with E-state index in [0.29, 0.717) is 49.4 Å². The Morgan fingerprint density at radius 1 is 1.43 bits per heavy atom. The Morgan fingerprint density at radius 3 is 2.86 bits per heavy atom. The molecule has 118 valence electrons. The van der Waals surface area contributed by atoms with Crippen molar-refractivity contribution in [2.24, 2.45) is 5.92 Å². The lowest BCUT2D eigenvalue weighted by molar-refractivity contribution is -0.120. The summed E-state index contributed by atoms with van der Waals surface area (Å²) >= 11 is 0. The normalized spacial score (nSPS) is 10.5. The first kappa shape index (κ1) is 17.1. The van der Waals surface area contributed by atoms with Gasteiger partial charge in [-0.05, 0) is 24.5 Å². The van der Waals surface area contributed by atoms with Crippen LogP contribution in [0.5, 0.6) is 5.88 Å². The van der Waals surface area contributed by atoms with Crippen LogP contribution in [0.3, 0.4) is 0 Å². The van der Waals surface area contributed by atoms with Gasteiger partial charge in [-0.2, -0.15) is 4.98 Å². The van der Waals surface area contributed by atoms with E-state index in [-0.39, 0.29) is 5.91 Å². The molecule has 0 aliphatic rings. The largest absolute Gasteiger partial charge is 0.476 e. The number of aromatic nitrogens is 1. The van der Waals surface area contributed by atoms with E-state index in [9.17, 15) is 4.79 Å². The summed E-state index contributed by atoms with van der Waals surface area (Å²) in [5, 5.41) is 5.97. The Kier molecular flexibility index (Phi) is 7.36. The van der Waals surface area contributed by atoms with Crippen LogP contribution in [0, 0.1) is 5.92 Å². The van der Waals surface area contributed by atoms with E-state index >= 15 is 0 Å². The van der Waals surface area contributed by atoms with Gasteiger partial charge < -0.3 is 21.1 Å². The Morgan fingerprint density at radius 2 is 2.19 bits per heavy atom. The monoisotopic (exact) mass is 294 g/mol. The molecule has 0 unspecified atom stereocenters. The van der Waals surface area contributed by atoms with Crippen molar-refractivity contribution < 1.29 is 9.53 Å². The molecule has 6 nitrogen and oxygen atoms in total. The summed E-state index contributed by atoms with van der Waals surface area (Å²) in [6, 6.07) is 3.53. The number of rotatable bonds is 9. The zero-order chi connectivity index (χ0) is 15.7. The van der Waals surface area contributed by atoms with Gasteiger partial charge in [0.05, 0.1) is 12.3 Å². The van der Waals surface area contributed by atoms with Crippen LogP contribution < -0.4 is 21.1 Å². The molecule has 21 heavy (non-hydrogen) atoms. The van der Waals surface area contributed by atoms with Crippen molar-refractivity contribution in [2.75, 3.05) is 30.7 Å². The van der Waals surface area contributed by atoms with E-state index in [1.165, 1.54) is 0 Å². The summed E-state index contributed by atoms with van der Waals surface area (Å²) in [5.41, 5.74) is 6.31. The fourth-order valence-electron chi connectivity index (χ4n) is 1.57. The number of nitrogens with zero attached hydrogens (tertiary/aromatic N) is 1. The molecule has 1 aromatic heterocycles. The second-order valence-corrected chi connectivity index (χ2v) is 5.31. The molecule has 0 aromatic carbocycles. The van der Waals surface area contributed by atoms with Crippen LogP contribution in [0.25, 0.3) is 0 Å². The zero-order valence-electron chi connectivity index (χ0n) is 13.1. The maximum absolute atomic E-state index is 11.6. The summed E-state index contributed by atoms with van der Waals surface area (Å²) in [4.78, 5) is 15.9. The lowest BCUT2D eigenvalue weighted by Gasteiger charge is -2.11. The molecule has 0 aliphatic heterocycles. The van der Waals surface area contributed by atoms with Crippen molar-refractivity contribution in [3.8, 4) is 5.88 Å². The molecule has 1 amide bonds. The van der Waals surface area contributed by atoms with E-state index in [1.807, 2.05) is 6.92 Å². The molecule has 0 fully saturated rings. The first-order valence-electron chi connectivity index (χ1n) is 7.42. The first-order chi connectivity index (χ1) is 10.0. The quantitative estimate of drug-likeness (QED) is 0.648. The van der Waals surface area contributed by atoms with Crippen molar-refractivity contribution in [3.63, 3.8) is 0 Å². The van der Waals surface area contributed by atoms with Gasteiger partial charge in [0.2, 0.25) is 11.8 Å². The van der Waals surface area contributed by atoms with Crippen molar-refractivity contribution in [3.05, 3.63) is 12.1 Å². The molecule has 0 radical (unpaired) electrons. The molecular weight excluding hydrogens is 268 g/mol. The van der Waals surface area contributed by atoms with Crippen LogP contribution in [0.1, 0.15) is 33.6 Å². The molecule has 0 saturated heterocycles. The molecule has 4 N–H and O–H groups in total. The number of carbonyl (C=O) groups is 1. The number of hydrogen-bond donors (Lipinski definition) is 3. The zero-order valence-corrected chi connectivity index (χ0v) is 13.1. The highest BCUT2D eigenvalue weighted by Gasteiger charge is 2.05. The predicted octanol–water partition coefficient (Wildman–Crippen LogP) is 2.03. The van der Waals surface area contributed by atoms with Gasteiger partial charge >= 0.3 is 0 Å². The minimum Gasteiger partial charge on any atom is -0.476 e. The fraction of sp³-hybridized carbons (Fsp3) is 0.600. The highest BCUT2D eigenvalue weighted by atomic mass is 16.5. The number of pyridine rings is 1. The van der Waals surface area contributed by atoms with Crippen LogP contribution >= 0.6 is 0 Å². The van der Waals surface area contributed by atoms with Crippen molar-refractivity contribution in [1.82, 2.24) is 10.3 Å². The van der Waals surface area contributed by atoms with E-state index in [4.69, 9.17) is 10.5 Å². The summed E-state index contributed by atoms with van der Waals surface area (Å²) in [5.74, 6) is 1.59. The second-order valence-electron chi connectivity index (χ2n) is 5.31. The van der Waals surface area contributed by atoms with Crippen LogP contribution in [0.4, 0.5) is 11.5 Å². The average molecular weight is 294 g/mol. The van der Waals surface area contributed by atoms with Gasteiger partial charge in [-0.15, -0.1) is 0 Å². The lowest BCUT2D eigenvalue weighted by atomic mass is 10.2. The minimum atomic E-state index is 0.0362. The van der Waals surface area contributed by atoms with Crippen LogP contribution in [0.2, 0.25) is 0 Å². The van der Waals surface area contributed by atoms with Gasteiger partial charge in [-0.3, -0.25) is 4.79 Å². The number of ether oxygens (including phenoxy) is 1. The second kappa shape index (κ2) is 9.05. The Balaban J connectivity index is 2.39. The van der Waals surface area contributed by atoms with E-state index in [1.54, 1.807) is 12.1 Å². The Labute approximate surface area is 126 Å². The number of nitrogens with two attached hydrogens (primary N) is 1. The molecule has 0 saturated carbocycles. The number of amides is 1. The molecule has 0 spiro atoms. The number of hydrogen-bond acceptors (Lipinski definition) is 5. The Hall–Kier alpha value is -1.98. The van der Waals surface area contributed by atoms with E-state index in [2.05, 4.69) is 29.5 Å². The van der Waals surface area contributed by atoms with Gasteiger partial charge in [0.15, 0.2) is 0 Å². The predicted molar refractivity (Wildman–Crippen MR) is 85.4 cm³/mol. The van der Waals surface area contributed by atoms with Crippen molar-refractivity contribution in [2.45, 2.75) is 33.6 Å². The molecule has 1 aromatic rings.